The van der Waals surface area contributed by atoms with Crippen LogP contribution in [-0.2, 0) is 13.1 Å². The number of carbonyl (C=O) groups excluding carboxylic acids is 1. The minimum Gasteiger partial charge on any atom is -0.319 e. The zero-order valence-corrected chi connectivity index (χ0v) is 14.9. The van der Waals surface area contributed by atoms with Gasteiger partial charge in [0.2, 0.25) is 0 Å². The molecule has 3 aromatic rings. The van der Waals surface area contributed by atoms with Crippen LogP contribution in [0.15, 0.2) is 42.7 Å². The lowest BCUT2D eigenvalue weighted by molar-refractivity contribution is 0.102. The highest BCUT2D eigenvalue weighted by atomic mass is 16.1. The van der Waals surface area contributed by atoms with E-state index in [0.29, 0.717) is 12.1 Å². The first-order valence-electron chi connectivity index (χ1n) is 8.50. The van der Waals surface area contributed by atoms with Crippen molar-refractivity contribution in [2.45, 2.75) is 40.3 Å². The Labute approximate surface area is 147 Å². The normalized spacial score (nSPS) is 10.8. The smallest absolute Gasteiger partial charge is 0.258 e. The fraction of sp³-hybridized carbons (Fsp3) is 0.316. The van der Waals surface area contributed by atoms with Crippen molar-refractivity contribution in [2.24, 2.45) is 0 Å². The molecule has 1 amide bonds. The molecule has 0 spiro atoms. The van der Waals surface area contributed by atoms with Gasteiger partial charge in [-0.1, -0.05) is 37.3 Å². The van der Waals surface area contributed by atoms with Gasteiger partial charge in [0.05, 0.1) is 35.4 Å². The first-order chi connectivity index (χ1) is 12.1. The Hall–Kier alpha value is -2.89. The van der Waals surface area contributed by atoms with E-state index in [9.17, 15) is 4.79 Å². The van der Waals surface area contributed by atoms with E-state index in [4.69, 9.17) is 0 Å². The van der Waals surface area contributed by atoms with Gasteiger partial charge in [0.15, 0.2) is 0 Å². The Morgan fingerprint density at radius 3 is 2.68 bits per heavy atom. The lowest BCUT2D eigenvalue weighted by Gasteiger charge is -2.05. The summed E-state index contributed by atoms with van der Waals surface area (Å²) < 4.78 is 3.70. The van der Waals surface area contributed by atoms with Crippen molar-refractivity contribution >= 4 is 11.6 Å². The molecule has 0 aliphatic carbocycles. The van der Waals surface area contributed by atoms with Crippen LogP contribution < -0.4 is 5.32 Å². The van der Waals surface area contributed by atoms with Gasteiger partial charge < -0.3 is 5.32 Å². The highest BCUT2D eigenvalue weighted by Crippen LogP contribution is 2.20. The van der Waals surface area contributed by atoms with E-state index < -0.39 is 0 Å². The van der Waals surface area contributed by atoms with Crippen LogP contribution in [0.2, 0.25) is 0 Å². The molecule has 1 N–H and O–H groups in total. The number of hydrogen-bond acceptors (Lipinski definition) is 3. The van der Waals surface area contributed by atoms with Crippen molar-refractivity contribution < 1.29 is 4.79 Å². The first kappa shape index (κ1) is 17.0. The van der Waals surface area contributed by atoms with Crippen LogP contribution >= 0.6 is 0 Å². The standard InChI is InChI=1S/C19H23N5O/c1-4-10-24-15(3)18(14(2)22-24)21-19(25)17-11-20-23(13-17)12-16-8-6-5-7-9-16/h5-9,11,13H,4,10,12H2,1-3H3,(H,21,25). The van der Waals surface area contributed by atoms with Gasteiger partial charge in [-0.3, -0.25) is 14.2 Å². The van der Waals surface area contributed by atoms with Crippen molar-refractivity contribution in [3.63, 3.8) is 0 Å². The number of amides is 1. The van der Waals surface area contributed by atoms with Crippen molar-refractivity contribution in [3.05, 3.63) is 65.2 Å². The predicted molar refractivity (Wildman–Crippen MR) is 97.7 cm³/mol. The molecule has 0 aliphatic heterocycles. The van der Waals surface area contributed by atoms with Gasteiger partial charge >= 0.3 is 0 Å². The Bertz CT molecular complexity index is 863. The molecule has 1 aromatic carbocycles. The maximum atomic E-state index is 12.5. The van der Waals surface area contributed by atoms with E-state index in [1.54, 1.807) is 17.1 Å². The summed E-state index contributed by atoms with van der Waals surface area (Å²) in [5.41, 5.74) is 4.28. The van der Waals surface area contributed by atoms with Crippen molar-refractivity contribution in [3.8, 4) is 0 Å². The second-order valence-corrected chi connectivity index (χ2v) is 6.14. The zero-order chi connectivity index (χ0) is 17.8. The SMILES string of the molecule is CCCn1nc(C)c(NC(=O)c2cnn(Cc3ccccc3)c2)c1C. The number of anilines is 1. The molecule has 25 heavy (non-hydrogen) atoms. The predicted octanol–water partition coefficient (Wildman–Crippen LogP) is 3.41. The van der Waals surface area contributed by atoms with Gasteiger partial charge in [-0.25, -0.2) is 0 Å². The van der Waals surface area contributed by atoms with E-state index in [2.05, 4.69) is 22.4 Å². The van der Waals surface area contributed by atoms with E-state index in [-0.39, 0.29) is 5.91 Å². The Morgan fingerprint density at radius 1 is 1.20 bits per heavy atom. The molecule has 0 saturated carbocycles. The van der Waals surface area contributed by atoms with Gasteiger partial charge in [-0.2, -0.15) is 10.2 Å². The molecule has 2 aromatic heterocycles. The average molecular weight is 337 g/mol. The number of rotatable bonds is 6. The van der Waals surface area contributed by atoms with Crippen LogP contribution in [0.3, 0.4) is 0 Å². The molecule has 0 bridgehead atoms. The highest BCUT2D eigenvalue weighted by Gasteiger charge is 2.16. The van der Waals surface area contributed by atoms with E-state index in [1.807, 2.05) is 48.9 Å². The molecule has 130 valence electrons. The molecule has 6 heteroatoms. The number of nitrogens with zero attached hydrogens (tertiary/aromatic N) is 4. The summed E-state index contributed by atoms with van der Waals surface area (Å²) in [4.78, 5) is 12.5. The molecule has 6 nitrogen and oxygen atoms in total. The second-order valence-electron chi connectivity index (χ2n) is 6.14. The fourth-order valence-electron chi connectivity index (χ4n) is 2.83. The summed E-state index contributed by atoms with van der Waals surface area (Å²) in [5, 5.41) is 11.8. The van der Waals surface area contributed by atoms with Crippen molar-refractivity contribution in [1.82, 2.24) is 19.6 Å². The van der Waals surface area contributed by atoms with Gasteiger partial charge in [-0.15, -0.1) is 0 Å². The van der Waals surface area contributed by atoms with E-state index in [0.717, 1.165) is 35.6 Å². The summed E-state index contributed by atoms with van der Waals surface area (Å²) in [6, 6.07) is 10.0. The van der Waals surface area contributed by atoms with Crippen LogP contribution in [0.25, 0.3) is 0 Å². The van der Waals surface area contributed by atoms with Crippen LogP contribution in [-0.4, -0.2) is 25.5 Å². The molecule has 3 rings (SSSR count). The summed E-state index contributed by atoms with van der Waals surface area (Å²) in [5.74, 6) is -0.165. The fourth-order valence-corrected chi connectivity index (χ4v) is 2.83. The molecule has 0 unspecified atom stereocenters. The number of aromatic nitrogens is 4. The monoisotopic (exact) mass is 337 g/mol. The quantitative estimate of drug-likeness (QED) is 0.750. The van der Waals surface area contributed by atoms with Crippen LogP contribution in [0, 0.1) is 13.8 Å². The minimum absolute atomic E-state index is 0.165. The molecular formula is C19H23N5O. The maximum absolute atomic E-state index is 12.5. The maximum Gasteiger partial charge on any atom is 0.258 e. The largest absolute Gasteiger partial charge is 0.319 e. The van der Waals surface area contributed by atoms with Crippen LogP contribution in [0.1, 0.15) is 40.7 Å². The third kappa shape index (κ3) is 3.79. The lowest BCUT2D eigenvalue weighted by atomic mass is 10.2. The van der Waals surface area contributed by atoms with Crippen LogP contribution in [0.4, 0.5) is 5.69 Å². The topological polar surface area (TPSA) is 64.7 Å². The molecule has 2 heterocycles. The number of benzene rings is 1. The Morgan fingerprint density at radius 2 is 1.96 bits per heavy atom. The summed E-state index contributed by atoms with van der Waals surface area (Å²) in [6.07, 6.45) is 4.37. The van der Waals surface area contributed by atoms with E-state index >= 15 is 0 Å². The number of nitrogens with one attached hydrogen (secondary N) is 1. The van der Waals surface area contributed by atoms with E-state index in [1.165, 1.54) is 0 Å². The average Bonchev–Trinajstić information content (AvgIpc) is 3.17. The van der Waals surface area contributed by atoms with Crippen molar-refractivity contribution in [1.29, 1.82) is 0 Å². The molecule has 0 atom stereocenters. The highest BCUT2D eigenvalue weighted by molar-refractivity contribution is 6.04. The number of carbonyl (C=O) groups is 1. The first-order valence-corrected chi connectivity index (χ1v) is 8.50. The third-order valence-electron chi connectivity index (χ3n) is 4.14. The molecular weight excluding hydrogens is 314 g/mol. The second kappa shape index (κ2) is 7.34. The summed E-state index contributed by atoms with van der Waals surface area (Å²) in [7, 11) is 0. The van der Waals surface area contributed by atoms with Gasteiger partial charge in [0.25, 0.3) is 5.91 Å². The lowest BCUT2D eigenvalue weighted by Crippen LogP contribution is -2.13. The molecule has 0 aliphatic rings. The minimum atomic E-state index is -0.165. The zero-order valence-electron chi connectivity index (χ0n) is 14.9. The Balaban J connectivity index is 1.72. The number of aryl methyl sites for hydroxylation is 2. The third-order valence-corrected chi connectivity index (χ3v) is 4.14. The molecule has 0 saturated heterocycles. The van der Waals surface area contributed by atoms with Gasteiger partial charge in [-0.05, 0) is 25.8 Å². The molecule has 0 radical (unpaired) electrons. The van der Waals surface area contributed by atoms with Gasteiger partial charge in [0.1, 0.15) is 0 Å². The summed E-state index contributed by atoms with van der Waals surface area (Å²) in [6.45, 7) is 7.48. The molecule has 0 fully saturated rings. The van der Waals surface area contributed by atoms with Crippen molar-refractivity contribution in [2.75, 3.05) is 5.32 Å². The Kier molecular flexibility index (Phi) is 4.97. The van der Waals surface area contributed by atoms with Crippen LogP contribution in [0.5, 0.6) is 0 Å². The van der Waals surface area contributed by atoms with Gasteiger partial charge in [0, 0.05) is 12.7 Å². The summed E-state index contributed by atoms with van der Waals surface area (Å²) >= 11 is 0. The number of hydrogen-bond donors (Lipinski definition) is 1.